The Morgan fingerprint density at radius 1 is 1.30 bits per heavy atom. The number of nitriles is 1. The second kappa shape index (κ2) is 6.31. The van der Waals surface area contributed by atoms with Gasteiger partial charge in [-0.3, -0.25) is 0 Å². The van der Waals surface area contributed by atoms with Gasteiger partial charge in [-0.05, 0) is 37.1 Å². The summed E-state index contributed by atoms with van der Waals surface area (Å²) in [6, 6.07) is 9.11. The summed E-state index contributed by atoms with van der Waals surface area (Å²) in [6.07, 6.45) is -0.170. The van der Waals surface area contributed by atoms with Crippen LogP contribution < -0.4 is 0 Å². The molecule has 0 bridgehead atoms. The Bertz CT molecular complexity index is 596. The van der Waals surface area contributed by atoms with Gasteiger partial charge >= 0.3 is 0 Å². The summed E-state index contributed by atoms with van der Waals surface area (Å²) < 4.78 is 10.9. The molecule has 0 fully saturated rings. The summed E-state index contributed by atoms with van der Waals surface area (Å²) in [5, 5.41) is 12.8. The Morgan fingerprint density at radius 2 is 2.00 bits per heavy atom. The highest BCUT2D eigenvalue weighted by atomic mass is 16.5. The molecule has 1 aromatic carbocycles. The molecule has 0 amide bonds. The van der Waals surface area contributed by atoms with E-state index in [-0.39, 0.29) is 12.0 Å². The molecule has 0 aliphatic carbocycles. The third-order valence-electron chi connectivity index (χ3n) is 2.91. The van der Waals surface area contributed by atoms with E-state index in [2.05, 4.69) is 30.1 Å². The molecule has 2 aromatic rings. The van der Waals surface area contributed by atoms with Gasteiger partial charge in [0, 0.05) is 12.2 Å². The summed E-state index contributed by atoms with van der Waals surface area (Å²) in [5.41, 5.74) is 1.39. The first-order valence-electron chi connectivity index (χ1n) is 6.61. The van der Waals surface area contributed by atoms with E-state index in [9.17, 15) is 0 Å². The van der Waals surface area contributed by atoms with Crippen molar-refractivity contribution in [3.63, 3.8) is 0 Å². The molecule has 1 heterocycles. The maximum Gasteiger partial charge on any atom is 0.258 e. The molecule has 5 heteroatoms. The molecule has 2 rings (SSSR count). The fourth-order valence-corrected chi connectivity index (χ4v) is 1.90. The lowest BCUT2D eigenvalue weighted by molar-refractivity contribution is 0.0217. The van der Waals surface area contributed by atoms with Crippen molar-refractivity contribution in [2.45, 2.75) is 26.9 Å². The molecule has 0 saturated carbocycles. The van der Waals surface area contributed by atoms with E-state index in [0.717, 1.165) is 5.56 Å². The smallest absolute Gasteiger partial charge is 0.258 e. The van der Waals surface area contributed by atoms with Crippen LogP contribution in [0.2, 0.25) is 0 Å². The van der Waals surface area contributed by atoms with Crippen molar-refractivity contribution in [1.82, 2.24) is 10.1 Å². The molecular weight excluding hydrogens is 254 g/mol. The molecule has 1 unspecified atom stereocenters. The quantitative estimate of drug-likeness (QED) is 0.833. The van der Waals surface area contributed by atoms with Crippen LogP contribution in [-0.2, 0) is 4.74 Å². The fraction of sp³-hybridized carbons (Fsp3) is 0.400. The van der Waals surface area contributed by atoms with Gasteiger partial charge < -0.3 is 9.26 Å². The standard InChI is InChI=1S/C15H17N3O2/c1-4-19-13(10(2)3)14-17-15(20-18-14)12-7-5-11(9-16)6-8-12/h5-8,10,13H,4H2,1-3H3. The molecular formula is C15H17N3O2. The zero-order valence-electron chi connectivity index (χ0n) is 11.8. The first kappa shape index (κ1) is 14.2. The van der Waals surface area contributed by atoms with E-state index in [1.54, 1.807) is 24.3 Å². The highest BCUT2D eigenvalue weighted by molar-refractivity contribution is 5.54. The van der Waals surface area contributed by atoms with Gasteiger partial charge in [-0.1, -0.05) is 19.0 Å². The topological polar surface area (TPSA) is 71.9 Å². The predicted molar refractivity (Wildman–Crippen MR) is 73.7 cm³/mol. The first-order chi connectivity index (χ1) is 9.65. The van der Waals surface area contributed by atoms with Gasteiger partial charge in [0.1, 0.15) is 6.10 Å². The molecule has 0 spiro atoms. The van der Waals surface area contributed by atoms with Crippen molar-refractivity contribution in [3.8, 4) is 17.5 Å². The van der Waals surface area contributed by atoms with Crippen molar-refractivity contribution in [3.05, 3.63) is 35.7 Å². The van der Waals surface area contributed by atoms with Crippen LogP contribution in [0.15, 0.2) is 28.8 Å². The van der Waals surface area contributed by atoms with Crippen molar-refractivity contribution in [1.29, 1.82) is 5.26 Å². The number of nitrogens with zero attached hydrogens (tertiary/aromatic N) is 3. The monoisotopic (exact) mass is 271 g/mol. The van der Waals surface area contributed by atoms with Gasteiger partial charge in [-0.25, -0.2) is 0 Å². The number of rotatable bonds is 5. The average molecular weight is 271 g/mol. The molecule has 1 atom stereocenters. The van der Waals surface area contributed by atoms with E-state index in [4.69, 9.17) is 14.5 Å². The summed E-state index contributed by atoms with van der Waals surface area (Å²) in [7, 11) is 0. The predicted octanol–water partition coefficient (Wildman–Crippen LogP) is 3.34. The molecule has 104 valence electrons. The van der Waals surface area contributed by atoms with Gasteiger partial charge in [-0.2, -0.15) is 10.2 Å². The largest absolute Gasteiger partial charge is 0.370 e. The normalized spacial score (nSPS) is 12.3. The second-order valence-corrected chi connectivity index (χ2v) is 4.77. The van der Waals surface area contributed by atoms with Crippen LogP contribution >= 0.6 is 0 Å². The second-order valence-electron chi connectivity index (χ2n) is 4.77. The van der Waals surface area contributed by atoms with Gasteiger partial charge in [0.15, 0.2) is 0 Å². The fourth-order valence-electron chi connectivity index (χ4n) is 1.90. The zero-order valence-corrected chi connectivity index (χ0v) is 11.8. The van der Waals surface area contributed by atoms with Crippen LogP contribution in [-0.4, -0.2) is 16.7 Å². The van der Waals surface area contributed by atoms with Crippen molar-refractivity contribution < 1.29 is 9.26 Å². The van der Waals surface area contributed by atoms with Crippen LogP contribution in [0.4, 0.5) is 0 Å². The lowest BCUT2D eigenvalue weighted by Crippen LogP contribution is -2.12. The Hall–Kier alpha value is -2.19. The summed E-state index contributed by atoms with van der Waals surface area (Å²) in [5.74, 6) is 1.26. The molecule has 0 saturated heterocycles. The van der Waals surface area contributed by atoms with E-state index in [1.165, 1.54) is 0 Å². The van der Waals surface area contributed by atoms with Crippen molar-refractivity contribution in [2.75, 3.05) is 6.61 Å². The lowest BCUT2D eigenvalue weighted by Gasteiger charge is -2.16. The molecule has 0 radical (unpaired) electrons. The Labute approximate surface area is 118 Å². The Morgan fingerprint density at radius 3 is 2.55 bits per heavy atom. The van der Waals surface area contributed by atoms with Gasteiger partial charge in [-0.15, -0.1) is 0 Å². The maximum absolute atomic E-state index is 8.78. The van der Waals surface area contributed by atoms with E-state index >= 15 is 0 Å². The molecule has 0 aliphatic rings. The first-order valence-corrected chi connectivity index (χ1v) is 6.61. The molecule has 5 nitrogen and oxygen atoms in total. The SMILES string of the molecule is CCOC(c1noc(-c2ccc(C#N)cc2)n1)C(C)C. The number of hydrogen-bond donors (Lipinski definition) is 0. The minimum atomic E-state index is -0.170. The van der Waals surface area contributed by atoms with Crippen LogP contribution in [0, 0.1) is 17.2 Å². The molecule has 1 aromatic heterocycles. The van der Waals surface area contributed by atoms with Crippen LogP contribution in [0.1, 0.15) is 38.3 Å². The van der Waals surface area contributed by atoms with E-state index in [1.807, 2.05) is 6.92 Å². The third kappa shape index (κ3) is 3.03. The summed E-state index contributed by atoms with van der Waals surface area (Å²) in [6.45, 7) is 6.65. The molecule has 20 heavy (non-hydrogen) atoms. The number of ether oxygens (including phenoxy) is 1. The summed E-state index contributed by atoms with van der Waals surface area (Å²) >= 11 is 0. The van der Waals surface area contributed by atoms with Crippen LogP contribution in [0.3, 0.4) is 0 Å². The van der Waals surface area contributed by atoms with E-state index in [0.29, 0.717) is 23.9 Å². The Balaban J connectivity index is 2.25. The summed E-state index contributed by atoms with van der Waals surface area (Å²) in [4.78, 5) is 4.39. The third-order valence-corrected chi connectivity index (χ3v) is 2.91. The number of benzene rings is 1. The minimum Gasteiger partial charge on any atom is -0.370 e. The van der Waals surface area contributed by atoms with Crippen molar-refractivity contribution in [2.24, 2.45) is 5.92 Å². The van der Waals surface area contributed by atoms with Gasteiger partial charge in [0.2, 0.25) is 5.82 Å². The highest BCUT2D eigenvalue weighted by Crippen LogP contribution is 2.26. The minimum absolute atomic E-state index is 0.170. The maximum atomic E-state index is 8.78. The molecule has 0 aliphatic heterocycles. The lowest BCUT2D eigenvalue weighted by atomic mass is 10.1. The van der Waals surface area contributed by atoms with Crippen molar-refractivity contribution >= 4 is 0 Å². The average Bonchev–Trinajstić information content (AvgIpc) is 2.94. The number of hydrogen-bond acceptors (Lipinski definition) is 5. The highest BCUT2D eigenvalue weighted by Gasteiger charge is 2.22. The van der Waals surface area contributed by atoms with Gasteiger partial charge in [0.05, 0.1) is 11.6 Å². The van der Waals surface area contributed by atoms with Crippen LogP contribution in [0.5, 0.6) is 0 Å². The molecule has 0 N–H and O–H groups in total. The van der Waals surface area contributed by atoms with Crippen LogP contribution in [0.25, 0.3) is 11.5 Å². The Kier molecular flexibility index (Phi) is 4.49. The zero-order chi connectivity index (χ0) is 14.5. The number of aromatic nitrogens is 2. The van der Waals surface area contributed by atoms with Gasteiger partial charge in [0.25, 0.3) is 5.89 Å². The van der Waals surface area contributed by atoms with E-state index < -0.39 is 0 Å².